The number of hydrogen-bond acceptors (Lipinski definition) is 2. The lowest BCUT2D eigenvalue weighted by Gasteiger charge is -2.42. The Kier molecular flexibility index (Phi) is 2.28. The van der Waals surface area contributed by atoms with E-state index in [9.17, 15) is 8.78 Å². The molecule has 4 heteroatoms. The van der Waals surface area contributed by atoms with Crippen LogP contribution in [0.1, 0.15) is 25.7 Å². The van der Waals surface area contributed by atoms with E-state index in [2.05, 4.69) is 5.32 Å². The highest BCUT2D eigenvalue weighted by atomic mass is 19.3. The van der Waals surface area contributed by atoms with Gasteiger partial charge in [0.2, 0.25) is 5.92 Å². The molecule has 0 aromatic heterocycles. The Hall–Kier alpha value is -0.220. The van der Waals surface area contributed by atoms with E-state index in [4.69, 9.17) is 4.74 Å². The third kappa shape index (κ3) is 1.99. The first-order valence-electron chi connectivity index (χ1n) is 4.85. The van der Waals surface area contributed by atoms with Crippen LogP contribution in [0, 0.1) is 0 Å². The molecule has 2 nitrogen and oxygen atoms in total. The molecule has 1 saturated carbocycles. The molecule has 1 N–H and O–H groups in total. The summed E-state index contributed by atoms with van der Waals surface area (Å²) in [4.78, 5) is 0. The van der Waals surface area contributed by atoms with E-state index in [0.29, 0.717) is 19.4 Å². The van der Waals surface area contributed by atoms with Crippen molar-refractivity contribution in [2.45, 2.75) is 37.2 Å². The number of alkyl halides is 2. The van der Waals surface area contributed by atoms with Gasteiger partial charge in [-0.3, -0.25) is 0 Å². The van der Waals surface area contributed by atoms with Gasteiger partial charge in [-0.05, 0) is 12.8 Å². The monoisotopic (exact) mass is 191 g/mol. The summed E-state index contributed by atoms with van der Waals surface area (Å²) in [5.74, 6) is -2.45. The molecule has 1 saturated heterocycles. The van der Waals surface area contributed by atoms with Crippen molar-refractivity contribution in [1.29, 1.82) is 0 Å². The fraction of sp³-hybridized carbons (Fsp3) is 1.00. The number of halogens is 2. The van der Waals surface area contributed by atoms with E-state index in [1.54, 1.807) is 0 Å². The van der Waals surface area contributed by atoms with E-state index in [1.165, 1.54) is 0 Å². The molecule has 2 fully saturated rings. The Balaban J connectivity index is 1.95. The third-order valence-corrected chi connectivity index (χ3v) is 3.03. The fourth-order valence-electron chi connectivity index (χ4n) is 2.10. The van der Waals surface area contributed by atoms with Gasteiger partial charge in [-0.1, -0.05) is 0 Å². The van der Waals surface area contributed by atoms with Crippen LogP contribution >= 0.6 is 0 Å². The van der Waals surface area contributed by atoms with Gasteiger partial charge in [0.25, 0.3) is 0 Å². The molecule has 0 unspecified atom stereocenters. The summed E-state index contributed by atoms with van der Waals surface area (Å²) in [6, 6.07) is 0. The van der Waals surface area contributed by atoms with E-state index >= 15 is 0 Å². The molecule has 0 amide bonds. The van der Waals surface area contributed by atoms with Crippen molar-refractivity contribution >= 4 is 0 Å². The second-order valence-corrected chi connectivity index (χ2v) is 4.06. The van der Waals surface area contributed by atoms with Gasteiger partial charge in [0.15, 0.2) is 0 Å². The van der Waals surface area contributed by atoms with Crippen LogP contribution in [0.3, 0.4) is 0 Å². The predicted octanol–water partition coefficient (Wildman–Crippen LogP) is 1.55. The van der Waals surface area contributed by atoms with Crippen molar-refractivity contribution in [3.05, 3.63) is 0 Å². The summed E-state index contributed by atoms with van der Waals surface area (Å²) >= 11 is 0. The second-order valence-electron chi connectivity index (χ2n) is 4.06. The Labute approximate surface area is 76.6 Å². The quantitative estimate of drug-likeness (QED) is 0.627. The highest BCUT2D eigenvalue weighted by Gasteiger charge is 2.44. The smallest absolute Gasteiger partial charge is 0.248 e. The number of nitrogens with one attached hydrogen (secondary N) is 1. The minimum atomic E-state index is -2.45. The molecule has 1 aliphatic carbocycles. The van der Waals surface area contributed by atoms with E-state index < -0.39 is 5.92 Å². The summed E-state index contributed by atoms with van der Waals surface area (Å²) in [6.07, 6.45) is 0.948. The molecule has 0 bridgehead atoms. The minimum Gasteiger partial charge on any atom is -0.372 e. The molecule has 13 heavy (non-hydrogen) atoms. The predicted molar refractivity (Wildman–Crippen MR) is 45.0 cm³/mol. The minimum absolute atomic E-state index is 0.0192. The van der Waals surface area contributed by atoms with Gasteiger partial charge < -0.3 is 10.1 Å². The van der Waals surface area contributed by atoms with Crippen LogP contribution in [0.2, 0.25) is 0 Å². The van der Waals surface area contributed by atoms with Crippen LogP contribution in [0.25, 0.3) is 0 Å². The third-order valence-electron chi connectivity index (χ3n) is 3.03. The highest BCUT2D eigenvalue weighted by molar-refractivity contribution is 4.93. The lowest BCUT2D eigenvalue weighted by Crippen LogP contribution is -2.52. The van der Waals surface area contributed by atoms with Gasteiger partial charge in [-0.25, -0.2) is 8.78 Å². The van der Waals surface area contributed by atoms with Crippen LogP contribution in [-0.4, -0.2) is 31.2 Å². The highest BCUT2D eigenvalue weighted by Crippen LogP contribution is 2.40. The molecular formula is C9H15F2NO. The lowest BCUT2D eigenvalue weighted by atomic mass is 9.82. The molecule has 76 valence electrons. The van der Waals surface area contributed by atoms with Crippen LogP contribution in [0.5, 0.6) is 0 Å². The number of morpholine rings is 1. The molecular weight excluding hydrogens is 176 g/mol. The first-order chi connectivity index (χ1) is 6.12. The van der Waals surface area contributed by atoms with Crippen molar-refractivity contribution in [2.75, 3.05) is 19.7 Å². The topological polar surface area (TPSA) is 21.3 Å². The van der Waals surface area contributed by atoms with Crippen molar-refractivity contribution in [3.63, 3.8) is 0 Å². The molecule has 2 aliphatic rings. The molecule has 2 rings (SSSR count). The molecule has 1 heterocycles. The standard InChI is InChI=1S/C9H15F2NO/c10-9(11)3-1-8(2-4-9)7-12-5-6-13-8/h12H,1-7H2. The summed E-state index contributed by atoms with van der Waals surface area (Å²) in [7, 11) is 0. The van der Waals surface area contributed by atoms with Gasteiger partial charge in [-0.15, -0.1) is 0 Å². The largest absolute Gasteiger partial charge is 0.372 e. The maximum absolute atomic E-state index is 12.9. The van der Waals surface area contributed by atoms with E-state index in [0.717, 1.165) is 13.1 Å². The number of ether oxygens (including phenoxy) is 1. The molecule has 1 spiro atoms. The molecule has 0 radical (unpaired) electrons. The Morgan fingerprint density at radius 1 is 1.08 bits per heavy atom. The van der Waals surface area contributed by atoms with E-state index in [-0.39, 0.29) is 18.4 Å². The zero-order chi connectivity index (χ0) is 9.36. The van der Waals surface area contributed by atoms with Crippen LogP contribution < -0.4 is 5.32 Å². The van der Waals surface area contributed by atoms with Gasteiger partial charge in [0.05, 0.1) is 12.2 Å². The molecule has 1 aliphatic heterocycles. The first-order valence-corrected chi connectivity index (χ1v) is 4.85. The van der Waals surface area contributed by atoms with Gasteiger partial charge in [0.1, 0.15) is 0 Å². The zero-order valence-electron chi connectivity index (χ0n) is 7.61. The van der Waals surface area contributed by atoms with Crippen molar-refractivity contribution in [2.24, 2.45) is 0 Å². The summed E-state index contributed by atoms with van der Waals surface area (Å²) in [5, 5.41) is 3.20. The fourth-order valence-corrected chi connectivity index (χ4v) is 2.10. The Morgan fingerprint density at radius 3 is 2.31 bits per heavy atom. The normalized spacial score (nSPS) is 31.8. The van der Waals surface area contributed by atoms with Crippen molar-refractivity contribution in [3.8, 4) is 0 Å². The van der Waals surface area contributed by atoms with Gasteiger partial charge in [0, 0.05) is 25.9 Å². The Bertz CT molecular complexity index is 178. The Morgan fingerprint density at radius 2 is 1.77 bits per heavy atom. The zero-order valence-corrected chi connectivity index (χ0v) is 7.61. The number of hydrogen-bond donors (Lipinski definition) is 1. The maximum Gasteiger partial charge on any atom is 0.248 e. The lowest BCUT2D eigenvalue weighted by molar-refractivity contribution is -0.141. The van der Waals surface area contributed by atoms with Crippen molar-refractivity contribution in [1.82, 2.24) is 5.32 Å². The molecule has 0 aromatic carbocycles. The summed E-state index contributed by atoms with van der Waals surface area (Å²) < 4.78 is 31.3. The molecule has 0 atom stereocenters. The van der Waals surface area contributed by atoms with Crippen LogP contribution in [0.4, 0.5) is 8.78 Å². The first kappa shape index (κ1) is 9.34. The van der Waals surface area contributed by atoms with Gasteiger partial charge in [-0.2, -0.15) is 0 Å². The van der Waals surface area contributed by atoms with Gasteiger partial charge >= 0.3 is 0 Å². The molecule has 0 aromatic rings. The summed E-state index contributed by atoms with van der Waals surface area (Å²) in [5.41, 5.74) is -0.278. The second kappa shape index (κ2) is 3.17. The average Bonchev–Trinajstić information content (AvgIpc) is 2.13. The maximum atomic E-state index is 12.9. The van der Waals surface area contributed by atoms with E-state index in [1.807, 2.05) is 0 Å². The average molecular weight is 191 g/mol. The SMILES string of the molecule is FC1(F)CCC2(CC1)CNCCO2. The summed E-state index contributed by atoms with van der Waals surface area (Å²) in [6.45, 7) is 2.24. The van der Waals surface area contributed by atoms with Crippen LogP contribution in [0.15, 0.2) is 0 Å². The number of rotatable bonds is 0. The van der Waals surface area contributed by atoms with Crippen LogP contribution in [-0.2, 0) is 4.74 Å². The van der Waals surface area contributed by atoms with Crippen molar-refractivity contribution < 1.29 is 13.5 Å².